The van der Waals surface area contributed by atoms with Crippen LogP contribution in [0.1, 0.15) is 17.2 Å². The standard InChI is InChI=1S/C24H20N2O3/c1-16-12-14-17(15-13-16)21-20-22(29-26(21)19-10-6-3-7-11-19)24(28)25(23(20)27)18-8-4-2-5-9-18/h2-15,20-22H,1H3/t20-,21+,22+/m0/s1. The summed E-state index contributed by atoms with van der Waals surface area (Å²) in [7, 11) is 0. The maximum absolute atomic E-state index is 13.4. The number of carbonyl (C=O) groups is 2. The first kappa shape index (κ1) is 17.6. The van der Waals surface area contributed by atoms with Crippen molar-refractivity contribution in [2.75, 3.05) is 9.96 Å². The number of hydroxylamine groups is 1. The summed E-state index contributed by atoms with van der Waals surface area (Å²) >= 11 is 0. The predicted octanol–water partition coefficient (Wildman–Crippen LogP) is 4.05. The zero-order valence-electron chi connectivity index (χ0n) is 15.9. The number of amides is 2. The third kappa shape index (κ3) is 2.82. The Kier molecular flexibility index (Phi) is 4.18. The Morgan fingerprint density at radius 3 is 1.93 bits per heavy atom. The smallest absolute Gasteiger partial charge is 0.266 e. The van der Waals surface area contributed by atoms with E-state index in [0.29, 0.717) is 5.69 Å². The largest absolute Gasteiger partial charge is 0.273 e. The fraction of sp³-hybridized carbons (Fsp3) is 0.167. The average molecular weight is 384 g/mol. The van der Waals surface area contributed by atoms with E-state index in [-0.39, 0.29) is 17.9 Å². The lowest BCUT2D eigenvalue weighted by Crippen LogP contribution is -2.37. The van der Waals surface area contributed by atoms with Crippen LogP contribution in [0.2, 0.25) is 0 Å². The maximum atomic E-state index is 13.4. The molecular weight excluding hydrogens is 364 g/mol. The van der Waals surface area contributed by atoms with Crippen molar-refractivity contribution in [1.29, 1.82) is 0 Å². The number of hydrogen-bond donors (Lipinski definition) is 0. The molecule has 2 fully saturated rings. The number of benzene rings is 3. The van der Waals surface area contributed by atoms with E-state index < -0.39 is 12.0 Å². The summed E-state index contributed by atoms with van der Waals surface area (Å²) in [6.45, 7) is 2.02. The van der Waals surface area contributed by atoms with Gasteiger partial charge in [-0.05, 0) is 36.8 Å². The molecular formula is C24H20N2O3. The molecule has 3 atom stereocenters. The molecule has 144 valence electrons. The SMILES string of the molecule is Cc1ccc([C@@H]2[C@@H]3C(=O)N(c4ccccc4)C(=O)[C@@H]3ON2c2ccccc2)cc1. The van der Waals surface area contributed by atoms with Crippen molar-refractivity contribution in [3.8, 4) is 0 Å². The monoisotopic (exact) mass is 384 g/mol. The zero-order valence-corrected chi connectivity index (χ0v) is 15.9. The highest BCUT2D eigenvalue weighted by Gasteiger charge is 2.60. The molecule has 0 aliphatic carbocycles. The van der Waals surface area contributed by atoms with Gasteiger partial charge in [-0.15, -0.1) is 0 Å². The first-order valence-corrected chi connectivity index (χ1v) is 9.65. The van der Waals surface area contributed by atoms with Gasteiger partial charge in [0.25, 0.3) is 5.91 Å². The molecule has 5 rings (SSSR count). The highest BCUT2D eigenvalue weighted by Crippen LogP contribution is 2.47. The van der Waals surface area contributed by atoms with Gasteiger partial charge >= 0.3 is 0 Å². The number of hydrogen-bond acceptors (Lipinski definition) is 4. The van der Waals surface area contributed by atoms with Gasteiger partial charge in [0.15, 0.2) is 6.10 Å². The summed E-state index contributed by atoms with van der Waals surface area (Å²) in [4.78, 5) is 34.0. The fourth-order valence-corrected chi connectivity index (χ4v) is 4.15. The van der Waals surface area contributed by atoms with Crippen molar-refractivity contribution in [3.63, 3.8) is 0 Å². The van der Waals surface area contributed by atoms with E-state index in [4.69, 9.17) is 4.84 Å². The topological polar surface area (TPSA) is 49.9 Å². The number of carbonyl (C=O) groups excluding carboxylic acids is 2. The molecule has 0 aromatic heterocycles. The van der Waals surface area contributed by atoms with Crippen molar-refractivity contribution in [1.82, 2.24) is 0 Å². The second-order valence-electron chi connectivity index (χ2n) is 7.42. The van der Waals surface area contributed by atoms with Gasteiger partial charge < -0.3 is 0 Å². The van der Waals surface area contributed by atoms with Gasteiger partial charge in [0.1, 0.15) is 5.92 Å². The molecule has 0 saturated carbocycles. The van der Waals surface area contributed by atoms with Crippen LogP contribution in [0.4, 0.5) is 11.4 Å². The molecule has 29 heavy (non-hydrogen) atoms. The van der Waals surface area contributed by atoms with E-state index in [1.807, 2.05) is 79.7 Å². The van der Waals surface area contributed by atoms with Crippen molar-refractivity contribution in [2.45, 2.75) is 19.1 Å². The molecule has 0 spiro atoms. The highest BCUT2D eigenvalue weighted by atomic mass is 16.7. The Morgan fingerprint density at radius 2 is 1.31 bits per heavy atom. The van der Waals surface area contributed by atoms with Crippen LogP contribution in [0.25, 0.3) is 0 Å². The molecule has 5 heteroatoms. The minimum atomic E-state index is -0.839. The molecule has 2 heterocycles. The number of aryl methyl sites for hydroxylation is 1. The van der Waals surface area contributed by atoms with Gasteiger partial charge in [-0.25, -0.2) is 9.96 Å². The molecule has 2 amide bonds. The van der Waals surface area contributed by atoms with Crippen LogP contribution in [0.15, 0.2) is 84.9 Å². The van der Waals surface area contributed by atoms with Gasteiger partial charge in [-0.1, -0.05) is 66.2 Å². The Bertz CT molecular complexity index is 1050. The Labute approximate surface area is 169 Å². The Morgan fingerprint density at radius 1 is 0.724 bits per heavy atom. The number of anilines is 2. The minimum Gasteiger partial charge on any atom is -0.273 e. The molecule has 0 radical (unpaired) electrons. The van der Waals surface area contributed by atoms with Crippen molar-refractivity contribution in [2.24, 2.45) is 5.92 Å². The van der Waals surface area contributed by atoms with E-state index in [2.05, 4.69) is 0 Å². The molecule has 0 bridgehead atoms. The summed E-state index contributed by atoms with van der Waals surface area (Å²) in [5.74, 6) is -1.15. The van der Waals surface area contributed by atoms with Crippen LogP contribution in [-0.4, -0.2) is 17.9 Å². The van der Waals surface area contributed by atoms with Crippen LogP contribution in [-0.2, 0) is 14.4 Å². The molecule has 2 aliphatic rings. The average Bonchev–Trinajstić information content (AvgIpc) is 3.26. The van der Waals surface area contributed by atoms with E-state index in [1.54, 1.807) is 17.2 Å². The van der Waals surface area contributed by atoms with Crippen LogP contribution in [0.5, 0.6) is 0 Å². The van der Waals surface area contributed by atoms with Crippen LogP contribution < -0.4 is 9.96 Å². The molecule has 0 N–H and O–H groups in total. The van der Waals surface area contributed by atoms with Gasteiger partial charge in [0.05, 0.1) is 17.4 Å². The van der Waals surface area contributed by atoms with Gasteiger partial charge in [0.2, 0.25) is 5.91 Å². The van der Waals surface area contributed by atoms with Gasteiger partial charge in [-0.2, -0.15) is 0 Å². The number of nitrogens with zero attached hydrogens (tertiary/aromatic N) is 2. The first-order valence-electron chi connectivity index (χ1n) is 9.65. The summed E-state index contributed by atoms with van der Waals surface area (Å²) in [5.41, 5.74) is 3.48. The molecule has 2 aliphatic heterocycles. The normalized spacial score (nSPS) is 23.6. The number of para-hydroxylation sites is 2. The fourth-order valence-electron chi connectivity index (χ4n) is 4.15. The second-order valence-corrected chi connectivity index (χ2v) is 7.42. The first-order chi connectivity index (χ1) is 14.1. The Balaban J connectivity index is 1.59. The lowest BCUT2D eigenvalue weighted by molar-refractivity contribution is -0.126. The summed E-state index contributed by atoms with van der Waals surface area (Å²) in [5, 5.41) is 1.72. The molecule has 5 nitrogen and oxygen atoms in total. The molecule has 3 aromatic rings. The van der Waals surface area contributed by atoms with Gasteiger partial charge in [0, 0.05) is 0 Å². The summed E-state index contributed by atoms with van der Waals surface area (Å²) in [6, 6.07) is 26.3. The summed E-state index contributed by atoms with van der Waals surface area (Å²) < 4.78 is 0. The van der Waals surface area contributed by atoms with Gasteiger partial charge in [-0.3, -0.25) is 14.4 Å². The zero-order chi connectivity index (χ0) is 20.0. The van der Waals surface area contributed by atoms with Crippen LogP contribution in [0, 0.1) is 12.8 Å². The van der Waals surface area contributed by atoms with E-state index in [1.165, 1.54) is 4.90 Å². The quantitative estimate of drug-likeness (QED) is 0.640. The molecule has 3 aromatic carbocycles. The molecule has 2 saturated heterocycles. The van der Waals surface area contributed by atoms with E-state index >= 15 is 0 Å². The van der Waals surface area contributed by atoms with Crippen molar-refractivity contribution >= 4 is 23.2 Å². The third-order valence-electron chi connectivity index (χ3n) is 5.56. The second kappa shape index (κ2) is 6.87. The number of rotatable bonds is 3. The Hall–Kier alpha value is -3.44. The lowest BCUT2D eigenvalue weighted by Gasteiger charge is -2.28. The molecule has 0 unspecified atom stereocenters. The van der Waals surface area contributed by atoms with E-state index in [0.717, 1.165) is 16.8 Å². The number of fused-ring (bicyclic) bond motifs is 1. The van der Waals surface area contributed by atoms with Crippen LogP contribution in [0.3, 0.4) is 0 Å². The van der Waals surface area contributed by atoms with Crippen LogP contribution >= 0.6 is 0 Å². The summed E-state index contributed by atoms with van der Waals surface area (Å²) in [6.07, 6.45) is -0.839. The number of imide groups is 1. The minimum absolute atomic E-state index is 0.227. The third-order valence-corrected chi connectivity index (χ3v) is 5.56. The highest BCUT2D eigenvalue weighted by molar-refractivity contribution is 6.23. The predicted molar refractivity (Wildman–Crippen MR) is 110 cm³/mol. The van der Waals surface area contributed by atoms with Crippen molar-refractivity contribution < 1.29 is 14.4 Å². The van der Waals surface area contributed by atoms with E-state index in [9.17, 15) is 9.59 Å². The lowest BCUT2D eigenvalue weighted by atomic mass is 9.90. The maximum Gasteiger partial charge on any atom is 0.266 e. The van der Waals surface area contributed by atoms with Crippen molar-refractivity contribution in [3.05, 3.63) is 96.1 Å².